The van der Waals surface area contributed by atoms with Crippen molar-refractivity contribution in [3.05, 3.63) is 65.5 Å². The van der Waals surface area contributed by atoms with Gasteiger partial charge in [-0.2, -0.15) is 13.2 Å². The zero-order valence-electron chi connectivity index (χ0n) is 15.5. The van der Waals surface area contributed by atoms with Crippen molar-refractivity contribution in [2.45, 2.75) is 30.7 Å². The first-order valence-corrected chi connectivity index (χ1v) is 10.9. The van der Waals surface area contributed by atoms with Crippen LogP contribution >= 0.6 is 0 Å². The molecular formula is C20H20F3N3O2S. The summed E-state index contributed by atoms with van der Waals surface area (Å²) in [6.45, 7) is 0.779. The predicted octanol–water partition coefficient (Wildman–Crippen LogP) is 4.29. The molecule has 0 amide bonds. The van der Waals surface area contributed by atoms with E-state index >= 15 is 0 Å². The fraction of sp³-hybridized carbons (Fsp3) is 0.350. The Morgan fingerprint density at radius 1 is 1.10 bits per heavy atom. The Hall–Kier alpha value is -2.39. The average Bonchev–Trinajstić information content (AvgIpc) is 3.12. The van der Waals surface area contributed by atoms with Crippen LogP contribution in [0.15, 0.2) is 48.8 Å². The van der Waals surface area contributed by atoms with Crippen LogP contribution < -0.4 is 0 Å². The predicted molar refractivity (Wildman–Crippen MR) is 104 cm³/mol. The first-order valence-electron chi connectivity index (χ1n) is 9.30. The molecule has 29 heavy (non-hydrogen) atoms. The third-order valence-corrected chi connectivity index (χ3v) is 7.25. The molecule has 3 aromatic rings. The van der Waals surface area contributed by atoms with Gasteiger partial charge in [0.05, 0.1) is 11.3 Å². The van der Waals surface area contributed by atoms with Gasteiger partial charge in [-0.3, -0.25) is 0 Å². The van der Waals surface area contributed by atoms with E-state index in [1.807, 2.05) is 18.3 Å². The van der Waals surface area contributed by atoms with E-state index in [0.717, 1.165) is 28.7 Å². The molecule has 5 nitrogen and oxygen atoms in total. The van der Waals surface area contributed by atoms with Crippen LogP contribution in [-0.2, 0) is 22.0 Å². The third kappa shape index (κ3) is 4.16. The maximum absolute atomic E-state index is 12.7. The Bertz CT molecular complexity index is 1100. The minimum atomic E-state index is -4.43. The minimum Gasteiger partial charge on any atom is -0.346 e. The number of benzene rings is 1. The van der Waals surface area contributed by atoms with Gasteiger partial charge in [0.15, 0.2) is 0 Å². The summed E-state index contributed by atoms with van der Waals surface area (Å²) in [5, 5.41) is 1.05. The fourth-order valence-corrected chi connectivity index (χ4v) is 5.42. The van der Waals surface area contributed by atoms with Crippen molar-refractivity contribution in [1.82, 2.24) is 14.3 Å². The number of alkyl halides is 3. The highest BCUT2D eigenvalue weighted by Crippen LogP contribution is 2.34. The quantitative estimate of drug-likeness (QED) is 0.681. The summed E-state index contributed by atoms with van der Waals surface area (Å²) in [5.74, 6) is -0.0576. The molecule has 0 aliphatic carbocycles. The molecule has 0 spiro atoms. The molecule has 4 rings (SSSR count). The highest BCUT2D eigenvalue weighted by molar-refractivity contribution is 7.88. The first-order chi connectivity index (χ1) is 13.7. The molecule has 1 aliphatic rings. The molecule has 0 saturated carbocycles. The Kier molecular flexibility index (Phi) is 5.12. The summed E-state index contributed by atoms with van der Waals surface area (Å²) in [7, 11) is -3.59. The minimum absolute atomic E-state index is 0.241. The molecule has 1 fully saturated rings. The molecule has 0 atom stereocenters. The van der Waals surface area contributed by atoms with Crippen LogP contribution in [0.4, 0.5) is 13.2 Å². The van der Waals surface area contributed by atoms with Crippen LogP contribution in [0.2, 0.25) is 0 Å². The van der Waals surface area contributed by atoms with Gasteiger partial charge in [0.1, 0.15) is 5.65 Å². The number of sulfonamides is 1. The SMILES string of the molecule is O=S(=O)(Cc1ccc(C(F)(F)F)cc1)N1CCC(c2c[nH]c3ncccc23)CC1. The highest BCUT2D eigenvalue weighted by Gasteiger charge is 2.32. The van der Waals surface area contributed by atoms with Crippen molar-refractivity contribution >= 4 is 21.1 Å². The van der Waals surface area contributed by atoms with Gasteiger partial charge in [0.25, 0.3) is 0 Å². The maximum Gasteiger partial charge on any atom is 0.416 e. The first kappa shape index (κ1) is 19.9. The molecule has 3 heterocycles. The van der Waals surface area contributed by atoms with Crippen LogP contribution in [0.1, 0.15) is 35.4 Å². The van der Waals surface area contributed by atoms with Crippen molar-refractivity contribution in [1.29, 1.82) is 0 Å². The molecule has 1 aromatic carbocycles. The van der Waals surface area contributed by atoms with Crippen molar-refractivity contribution in [2.75, 3.05) is 13.1 Å². The number of halogens is 3. The van der Waals surface area contributed by atoms with E-state index in [-0.39, 0.29) is 11.7 Å². The van der Waals surface area contributed by atoms with Crippen molar-refractivity contribution in [2.24, 2.45) is 0 Å². The molecule has 0 bridgehead atoms. The van der Waals surface area contributed by atoms with E-state index in [9.17, 15) is 21.6 Å². The zero-order valence-corrected chi connectivity index (χ0v) is 16.3. The number of nitrogens with zero attached hydrogens (tertiary/aromatic N) is 2. The number of hydrogen-bond donors (Lipinski definition) is 1. The Balaban J connectivity index is 1.42. The monoisotopic (exact) mass is 423 g/mol. The maximum atomic E-state index is 12.7. The second-order valence-corrected chi connectivity index (χ2v) is 9.24. The van der Waals surface area contributed by atoms with Gasteiger partial charge in [-0.05, 0) is 54.2 Å². The molecule has 1 N–H and O–H groups in total. The summed E-state index contributed by atoms with van der Waals surface area (Å²) < 4.78 is 64.9. The topological polar surface area (TPSA) is 66.1 Å². The van der Waals surface area contributed by atoms with Crippen LogP contribution in [0, 0.1) is 0 Å². The van der Waals surface area contributed by atoms with Crippen molar-refractivity contribution < 1.29 is 21.6 Å². The van der Waals surface area contributed by atoms with Gasteiger partial charge < -0.3 is 4.98 Å². The molecule has 0 unspecified atom stereocenters. The fourth-order valence-electron chi connectivity index (χ4n) is 3.85. The number of rotatable bonds is 4. The Morgan fingerprint density at radius 3 is 2.45 bits per heavy atom. The number of nitrogens with one attached hydrogen (secondary N) is 1. The zero-order chi connectivity index (χ0) is 20.6. The molecule has 154 valence electrons. The van der Waals surface area contributed by atoms with Gasteiger partial charge >= 0.3 is 6.18 Å². The number of aromatic amines is 1. The molecular weight excluding hydrogens is 403 g/mol. The van der Waals surface area contributed by atoms with Gasteiger partial charge in [0.2, 0.25) is 10.0 Å². The summed E-state index contributed by atoms with van der Waals surface area (Å²) in [4.78, 5) is 7.44. The Morgan fingerprint density at radius 2 is 1.79 bits per heavy atom. The van der Waals surface area contributed by atoms with E-state index in [1.165, 1.54) is 16.4 Å². The van der Waals surface area contributed by atoms with Crippen molar-refractivity contribution in [3.8, 4) is 0 Å². The van der Waals surface area contributed by atoms with Crippen LogP contribution in [-0.4, -0.2) is 35.8 Å². The molecule has 0 radical (unpaired) electrons. The second-order valence-electron chi connectivity index (χ2n) is 7.27. The molecule has 1 aliphatic heterocycles. The number of aromatic nitrogens is 2. The van der Waals surface area contributed by atoms with Gasteiger partial charge in [-0.25, -0.2) is 17.7 Å². The lowest BCUT2D eigenvalue weighted by atomic mass is 9.90. The summed E-state index contributed by atoms with van der Waals surface area (Å²) in [6, 6.07) is 8.17. The number of piperidine rings is 1. The molecule has 2 aromatic heterocycles. The number of fused-ring (bicyclic) bond motifs is 1. The number of hydrogen-bond acceptors (Lipinski definition) is 3. The lowest BCUT2D eigenvalue weighted by Crippen LogP contribution is -2.38. The van der Waals surface area contributed by atoms with E-state index in [1.54, 1.807) is 6.20 Å². The lowest BCUT2D eigenvalue weighted by Gasteiger charge is -2.31. The van der Waals surface area contributed by atoms with Gasteiger partial charge in [-0.15, -0.1) is 0 Å². The number of H-pyrrole nitrogens is 1. The molecule has 9 heteroatoms. The van der Waals surface area contributed by atoms with Gasteiger partial charge in [-0.1, -0.05) is 12.1 Å². The van der Waals surface area contributed by atoms with E-state index in [4.69, 9.17) is 0 Å². The lowest BCUT2D eigenvalue weighted by molar-refractivity contribution is -0.137. The van der Waals surface area contributed by atoms with E-state index < -0.39 is 21.8 Å². The third-order valence-electron chi connectivity index (χ3n) is 5.40. The summed E-state index contributed by atoms with van der Waals surface area (Å²) in [5.41, 5.74) is 1.53. The number of pyridine rings is 1. The highest BCUT2D eigenvalue weighted by atomic mass is 32.2. The largest absolute Gasteiger partial charge is 0.416 e. The Labute approximate surface area is 166 Å². The van der Waals surface area contributed by atoms with Crippen molar-refractivity contribution in [3.63, 3.8) is 0 Å². The van der Waals surface area contributed by atoms with Gasteiger partial charge in [0, 0.05) is 30.9 Å². The summed E-state index contributed by atoms with van der Waals surface area (Å²) >= 11 is 0. The van der Waals surface area contributed by atoms with Crippen LogP contribution in [0.5, 0.6) is 0 Å². The van der Waals surface area contributed by atoms with Crippen LogP contribution in [0.3, 0.4) is 0 Å². The normalized spacial score (nSPS) is 17.1. The smallest absolute Gasteiger partial charge is 0.346 e. The standard InChI is InChI=1S/C20H20F3N3O2S/c21-20(22,23)16-5-3-14(4-6-16)13-29(27,28)26-10-7-15(8-11-26)18-12-25-19-17(18)2-1-9-24-19/h1-6,9,12,15H,7-8,10-11,13H2,(H,24,25). The summed E-state index contributed by atoms with van der Waals surface area (Å²) in [6.07, 6.45) is 0.604. The van der Waals surface area contributed by atoms with E-state index in [0.29, 0.717) is 31.5 Å². The van der Waals surface area contributed by atoms with Crippen LogP contribution in [0.25, 0.3) is 11.0 Å². The molecule has 1 saturated heterocycles. The second kappa shape index (κ2) is 7.46. The average molecular weight is 423 g/mol. The van der Waals surface area contributed by atoms with E-state index in [2.05, 4.69) is 9.97 Å².